The van der Waals surface area contributed by atoms with Gasteiger partial charge in [0.25, 0.3) is 0 Å². The molecule has 0 aromatic heterocycles. The third kappa shape index (κ3) is 4.70. The van der Waals surface area contributed by atoms with Crippen molar-refractivity contribution in [3.05, 3.63) is 29.8 Å². The third-order valence-electron chi connectivity index (χ3n) is 5.38. The van der Waals surface area contributed by atoms with E-state index in [1.54, 1.807) is 12.1 Å². The Balaban J connectivity index is 1.58. The van der Waals surface area contributed by atoms with Crippen LogP contribution in [0.4, 0.5) is 0 Å². The average molecular weight is 395 g/mol. The summed E-state index contributed by atoms with van der Waals surface area (Å²) in [6.45, 7) is 7.78. The van der Waals surface area contributed by atoms with Crippen molar-refractivity contribution in [2.75, 3.05) is 19.7 Å². The van der Waals surface area contributed by atoms with E-state index >= 15 is 0 Å². The zero-order valence-electron chi connectivity index (χ0n) is 16.4. The van der Waals surface area contributed by atoms with Crippen molar-refractivity contribution in [3.8, 4) is 0 Å². The first-order valence-electron chi connectivity index (χ1n) is 9.70. The monoisotopic (exact) mass is 394 g/mol. The first kappa shape index (κ1) is 20.3. The van der Waals surface area contributed by atoms with E-state index in [-0.39, 0.29) is 23.5 Å². The Hall–Kier alpha value is -1.44. The number of nitrogens with one attached hydrogen (secondary N) is 1. The lowest BCUT2D eigenvalue weighted by atomic mass is 9.87. The van der Waals surface area contributed by atoms with Crippen LogP contribution in [0, 0.1) is 0 Å². The molecule has 1 unspecified atom stereocenters. The fourth-order valence-electron chi connectivity index (χ4n) is 3.60. The molecule has 1 atom stereocenters. The van der Waals surface area contributed by atoms with Gasteiger partial charge in [0.1, 0.15) is 6.10 Å². The Morgan fingerprint density at radius 1 is 1.11 bits per heavy atom. The summed E-state index contributed by atoms with van der Waals surface area (Å²) in [5, 5.41) is 3.01. The number of amides is 1. The van der Waals surface area contributed by atoms with Crippen LogP contribution in [0.2, 0.25) is 0 Å². The second kappa shape index (κ2) is 7.89. The number of rotatable bonds is 4. The van der Waals surface area contributed by atoms with E-state index < -0.39 is 10.0 Å². The van der Waals surface area contributed by atoms with E-state index in [2.05, 4.69) is 26.1 Å². The molecule has 2 fully saturated rings. The molecule has 150 valence electrons. The van der Waals surface area contributed by atoms with Crippen molar-refractivity contribution in [3.63, 3.8) is 0 Å². The molecule has 1 N–H and O–H groups in total. The number of carbonyl (C=O) groups is 1. The molecule has 3 rings (SSSR count). The highest BCUT2D eigenvalue weighted by Gasteiger charge is 2.32. The molecule has 1 amide bonds. The lowest BCUT2D eigenvalue weighted by molar-refractivity contribution is -0.131. The van der Waals surface area contributed by atoms with Gasteiger partial charge in [0.05, 0.1) is 4.90 Å². The van der Waals surface area contributed by atoms with Crippen LogP contribution in [0.5, 0.6) is 0 Å². The van der Waals surface area contributed by atoms with Gasteiger partial charge in [0, 0.05) is 25.7 Å². The highest BCUT2D eigenvalue weighted by Crippen LogP contribution is 2.26. The van der Waals surface area contributed by atoms with Crippen molar-refractivity contribution in [1.82, 2.24) is 9.62 Å². The van der Waals surface area contributed by atoms with Gasteiger partial charge in [0.2, 0.25) is 15.9 Å². The number of hydrogen-bond donors (Lipinski definition) is 1. The number of benzene rings is 1. The van der Waals surface area contributed by atoms with Crippen molar-refractivity contribution in [1.29, 1.82) is 0 Å². The summed E-state index contributed by atoms with van der Waals surface area (Å²) < 4.78 is 32.7. The van der Waals surface area contributed by atoms with E-state index in [1.807, 2.05) is 12.1 Å². The van der Waals surface area contributed by atoms with Crippen molar-refractivity contribution in [2.45, 2.75) is 68.9 Å². The first-order valence-corrected chi connectivity index (χ1v) is 11.1. The summed E-state index contributed by atoms with van der Waals surface area (Å²) in [4.78, 5) is 12.5. The fourth-order valence-corrected chi connectivity index (χ4v) is 5.06. The second-order valence-electron chi connectivity index (χ2n) is 8.46. The van der Waals surface area contributed by atoms with Gasteiger partial charge in [-0.2, -0.15) is 4.31 Å². The lowest BCUT2D eigenvalue weighted by Crippen LogP contribution is -2.48. The SMILES string of the molecule is CC(C)(C)c1ccc(S(=O)(=O)N2CCC(NC(=O)C3CCCO3)CC2)cc1. The van der Waals surface area contributed by atoms with Gasteiger partial charge in [-0.1, -0.05) is 32.9 Å². The predicted molar refractivity (Wildman–Crippen MR) is 104 cm³/mol. The van der Waals surface area contributed by atoms with Crippen molar-refractivity contribution in [2.24, 2.45) is 0 Å². The molecular formula is C20H30N2O4S. The summed E-state index contributed by atoms with van der Waals surface area (Å²) in [5.74, 6) is -0.0634. The molecule has 0 bridgehead atoms. The molecule has 0 saturated carbocycles. The predicted octanol–water partition coefficient (Wildman–Crippen LogP) is 2.43. The number of carbonyl (C=O) groups excluding carboxylic acids is 1. The summed E-state index contributed by atoms with van der Waals surface area (Å²) in [6.07, 6.45) is 2.59. The molecule has 0 spiro atoms. The van der Waals surface area contributed by atoms with Crippen LogP contribution in [-0.2, 0) is 25.0 Å². The van der Waals surface area contributed by atoms with E-state index in [0.717, 1.165) is 18.4 Å². The number of nitrogens with zero attached hydrogens (tertiary/aromatic N) is 1. The quantitative estimate of drug-likeness (QED) is 0.851. The molecule has 2 saturated heterocycles. The molecule has 2 aliphatic rings. The third-order valence-corrected chi connectivity index (χ3v) is 7.29. The molecule has 7 heteroatoms. The minimum atomic E-state index is -3.50. The summed E-state index contributed by atoms with van der Waals surface area (Å²) in [5.41, 5.74) is 1.10. The highest BCUT2D eigenvalue weighted by atomic mass is 32.2. The van der Waals surface area contributed by atoms with Crippen LogP contribution in [0.25, 0.3) is 0 Å². The standard InChI is InChI=1S/C20H30N2O4S/c1-20(2,3)15-6-8-17(9-7-15)27(24,25)22-12-10-16(11-13-22)21-19(23)18-5-4-14-26-18/h6-9,16,18H,4-5,10-14H2,1-3H3,(H,21,23). The van der Waals surface area contributed by atoms with Crippen LogP contribution < -0.4 is 5.32 Å². The Morgan fingerprint density at radius 2 is 1.74 bits per heavy atom. The van der Waals surface area contributed by atoms with Crippen LogP contribution in [0.3, 0.4) is 0 Å². The molecule has 1 aromatic carbocycles. The number of sulfonamides is 1. The maximum atomic E-state index is 12.9. The van der Waals surface area contributed by atoms with Crippen LogP contribution in [0.1, 0.15) is 52.0 Å². The minimum absolute atomic E-state index is 0.0106. The molecule has 1 aromatic rings. The first-order chi connectivity index (χ1) is 12.7. The zero-order valence-corrected chi connectivity index (χ0v) is 17.2. The summed E-state index contributed by atoms with van der Waals surface area (Å²) in [7, 11) is -3.50. The van der Waals surface area contributed by atoms with Gasteiger partial charge in [-0.15, -0.1) is 0 Å². The number of piperidine rings is 1. The van der Waals surface area contributed by atoms with Gasteiger partial charge in [-0.05, 0) is 48.8 Å². The summed E-state index contributed by atoms with van der Waals surface area (Å²) >= 11 is 0. The van der Waals surface area contributed by atoms with Gasteiger partial charge in [-0.3, -0.25) is 4.79 Å². The van der Waals surface area contributed by atoms with Gasteiger partial charge < -0.3 is 10.1 Å². The van der Waals surface area contributed by atoms with Crippen LogP contribution >= 0.6 is 0 Å². The Labute approximate surface area is 162 Å². The molecular weight excluding hydrogens is 364 g/mol. The lowest BCUT2D eigenvalue weighted by Gasteiger charge is -2.32. The van der Waals surface area contributed by atoms with Crippen LogP contribution in [-0.4, -0.2) is 50.5 Å². The fraction of sp³-hybridized carbons (Fsp3) is 0.650. The van der Waals surface area contributed by atoms with E-state index in [0.29, 0.717) is 37.4 Å². The van der Waals surface area contributed by atoms with E-state index in [4.69, 9.17) is 4.74 Å². The van der Waals surface area contributed by atoms with Gasteiger partial charge in [-0.25, -0.2) is 8.42 Å². The molecule has 27 heavy (non-hydrogen) atoms. The molecule has 2 heterocycles. The minimum Gasteiger partial charge on any atom is -0.368 e. The van der Waals surface area contributed by atoms with Crippen molar-refractivity contribution >= 4 is 15.9 Å². The smallest absolute Gasteiger partial charge is 0.249 e. The van der Waals surface area contributed by atoms with Crippen molar-refractivity contribution < 1.29 is 17.9 Å². The Bertz CT molecular complexity index is 754. The number of ether oxygens (including phenoxy) is 1. The van der Waals surface area contributed by atoms with Gasteiger partial charge in [0.15, 0.2) is 0 Å². The largest absolute Gasteiger partial charge is 0.368 e. The van der Waals surface area contributed by atoms with Crippen LogP contribution in [0.15, 0.2) is 29.2 Å². The Kier molecular flexibility index (Phi) is 5.93. The topological polar surface area (TPSA) is 75.7 Å². The average Bonchev–Trinajstić information content (AvgIpc) is 3.16. The maximum Gasteiger partial charge on any atom is 0.249 e. The second-order valence-corrected chi connectivity index (χ2v) is 10.4. The Morgan fingerprint density at radius 3 is 2.26 bits per heavy atom. The molecule has 0 aliphatic carbocycles. The summed E-state index contributed by atoms with van der Waals surface area (Å²) in [6, 6.07) is 7.18. The van der Waals surface area contributed by atoms with E-state index in [9.17, 15) is 13.2 Å². The zero-order chi connectivity index (χ0) is 19.7. The normalized spacial score (nSPS) is 22.7. The molecule has 0 radical (unpaired) electrons. The molecule has 6 nitrogen and oxygen atoms in total. The number of hydrogen-bond acceptors (Lipinski definition) is 4. The maximum absolute atomic E-state index is 12.9. The van der Waals surface area contributed by atoms with Gasteiger partial charge >= 0.3 is 0 Å². The van der Waals surface area contributed by atoms with E-state index in [1.165, 1.54) is 4.31 Å². The molecule has 2 aliphatic heterocycles. The highest BCUT2D eigenvalue weighted by molar-refractivity contribution is 7.89.